The molecule has 7 heteroatoms. The van der Waals surface area contributed by atoms with E-state index >= 15 is 0 Å². The average molecular weight is 407 g/mol. The van der Waals surface area contributed by atoms with Gasteiger partial charge in [-0.15, -0.1) is 0 Å². The zero-order valence-electron chi connectivity index (χ0n) is 15.6. The van der Waals surface area contributed by atoms with Gasteiger partial charge in [-0.25, -0.2) is 8.42 Å². The molecule has 1 heterocycles. The molecule has 3 aromatic rings. The highest BCUT2D eigenvalue weighted by molar-refractivity contribution is 7.89. The molecule has 0 saturated carbocycles. The summed E-state index contributed by atoms with van der Waals surface area (Å²) in [5, 5.41) is 6.09. The number of carbonyl (C=O) groups is 1. The second-order valence-electron chi connectivity index (χ2n) is 6.81. The third kappa shape index (κ3) is 4.31. The molecule has 0 saturated heterocycles. The van der Waals surface area contributed by atoms with Crippen LogP contribution in [0.15, 0.2) is 83.8 Å². The van der Waals surface area contributed by atoms with Crippen molar-refractivity contribution >= 4 is 21.6 Å². The highest BCUT2D eigenvalue weighted by atomic mass is 32.2. The Kier molecular flexibility index (Phi) is 5.33. The van der Waals surface area contributed by atoms with Gasteiger partial charge in [0.25, 0.3) is 5.91 Å². The van der Waals surface area contributed by atoms with Gasteiger partial charge in [0.15, 0.2) is 0 Å². The van der Waals surface area contributed by atoms with Gasteiger partial charge in [-0.3, -0.25) is 4.79 Å². The molecule has 3 aromatic carbocycles. The van der Waals surface area contributed by atoms with Crippen molar-refractivity contribution in [1.29, 1.82) is 0 Å². The number of carbonyl (C=O) groups excluding carboxylic acids is 1. The van der Waals surface area contributed by atoms with E-state index in [1.807, 2.05) is 30.3 Å². The summed E-state index contributed by atoms with van der Waals surface area (Å²) in [5.74, 6) is -0.157. The highest BCUT2D eigenvalue weighted by Crippen LogP contribution is 2.30. The van der Waals surface area contributed by atoms with E-state index in [1.54, 1.807) is 48.5 Å². The normalized spacial score (nSPS) is 17.0. The minimum atomic E-state index is -3.60. The maximum atomic E-state index is 12.5. The van der Waals surface area contributed by atoms with Crippen LogP contribution < -0.4 is 15.4 Å². The molecule has 29 heavy (non-hydrogen) atoms. The fourth-order valence-corrected chi connectivity index (χ4v) is 4.58. The second-order valence-corrected chi connectivity index (χ2v) is 8.49. The second kappa shape index (κ2) is 8.06. The number of fused-ring (bicyclic) bond motifs is 1. The molecule has 0 aromatic heterocycles. The van der Waals surface area contributed by atoms with Crippen LogP contribution >= 0.6 is 0 Å². The van der Waals surface area contributed by atoms with Gasteiger partial charge in [0, 0.05) is 12.1 Å². The van der Waals surface area contributed by atoms with Crippen LogP contribution in [0.3, 0.4) is 0 Å². The molecule has 1 aliphatic heterocycles. The van der Waals surface area contributed by atoms with Crippen molar-refractivity contribution in [2.75, 3.05) is 11.9 Å². The number of hydrogen-bond donors (Lipinski definition) is 3. The summed E-state index contributed by atoms with van der Waals surface area (Å²) >= 11 is 0. The molecule has 1 aliphatic rings. The van der Waals surface area contributed by atoms with Crippen LogP contribution in [0.4, 0.5) is 5.69 Å². The van der Waals surface area contributed by atoms with E-state index < -0.39 is 16.2 Å². The first-order chi connectivity index (χ1) is 14.0. The summed E-state index contributed by atoms with van der Waals surface area (Å²) in [5.41, 5.74) is 2.97. The number of nitrogens with one attached hydrogen (secondary N) is 3. The lowest BCUT2D eigenvalue weighted by Gasteiger charge is -2.28. The summed E-state index contributed by atoms with van der Waals surface area (Å²) in [7, 11) is -3.60. The lowest BCUT2D eigenvalue weighted by atomic mass is 10.1. The van der Waals surface area contributed by atoms with E-state index in [1.165, 1.54) is 5.56 Å². The van der Waals surface area contributed by atoms with Crippen LogP contribution in [0.5, 0.6) is 0 Å². The van der Waals surface area contributed by atoms with Crippen LogP contribution in [0.25, 0.3) is 0 Å². The Morgan fingerprint density at radius 2 is 1.59 bits per heavy atom. The van der Waals surface area contributed by atoms with E-state index in [0.717, 1.165) is 12.0 Å². The van der Waals surface area contributed by atoms with Gasteiger partial charge >= 0.3 is 0 Å². The van der Waals surface area contributed by atoms with Crippen LogP contribution in [-0.2, 0) is 16.4 Å². The molecule has 3 N–H and O–H groups in total. The topological polar surface area (TPSA) is 87.3 Å². The fraction of sp³-hybridized carbons (Fsp3) is 0.136. The van der Waals surface area contributed by atoms with E-state index in [9.17, 15) is 13.2 Å². The fourth-order valence-electron chi connectivity index (χ4n) is 3.27. The minimum absolute atomic E-state index is 0.157. The van der Waals surface area contributed by atoms with Gasteiger partial charge in [0.05, 0.1) is 5.69 Å². The van der Waals surface area contributed by atoms with Crippen molar-refractivity contribution in [2.45, 2.75) is 17.5 Å². The highest BCUT2D eigenvalue weighted by Gasteiger charge is 2.29. The monoisotopic (exact) mass is 407 g/mol. The quantitative estimate of drug-likeness (QED) is 0.607. The Hall–Kier alpha value is -3.16. The largest absolute Gasteiger partial charge is 0.364 e. The van der Waals surface area contributed by atoms with E-state index in [-0.39, 0.29) is 10.8 Å². The van der Waals surface area contributed by atoms with Crippen LogP contribution in [-0.4, -0.2) is 20.9 Å². The smallest absolute Gasteiger partial charge is 0.251 e. The zero-order valence-corrected chi connectivity index (χ0v) is 16.4. The molecule has 1 amide bonds. The Balaban J connectivity index is 1.41. The Labute approximate surface area is 170 Å². The maximum Gasteiger partial charge on any atom is 0.251 e. The van der Waals surface area contributed by atoms with Gasteiger partial charge in [-0.1, -0.05) is 54.6 Å². The van der Waals surface area contributed by atoms with Crippen LogP contribution in [0.1, 0.15) is 27.7 Å². The Morgan fingerprint density at radius 1 is 0.897 bits per heavy atom. The Bertz CT molecular complexity index is 1110. The van der Waals surface area contributed by atoms with Crippen LogP contribution in [0, 0.1) is 0 Å². The third-order valence-corrected chi connectivity index (χ3v) is 6.28. The molecule has 148 valence electrons. The predicted octanol–water partition coefficient (Wildman–Crippen LogP) is 3.06. The van der Waals surface area contributed by atoms with Crippen molar-refractivity contribution in [2.24, 2.45) is 0 Å². The number of hydrogen-bond acceptors (Lipinski definition) is 4. The van der Waals surface area contributed by atoms with Gasteiger partial charge in [0.2, 0.25) is 10.0 Å². The minimum Gasteiger partial charge on any atom is -0.364 e. The zero-order chi connectivity index (χ0) is 20.3. The van der Waals surface area contributed by atoms with Gasteiger partial charge in [-0.05, 0) is 41.8 Å². The predicted molar refractivity (Wildman–Crippen MR) is 112 cm³/mol. The average Bonchev–Trinajstić information content (AvgIpc) is 2.74. The van der Waals surface area contributed by atoms with E-state index in [2.05, 4.69) is 15.4 Å². The summed E-state index contributed by atoms with van der Waals surface area (Å²) in [6, 6.07) is 23.6. The molecule has 0 bridgehead atoms. The van der Waals surface area contributed by atoms with E-state index in [4.69, 9.17) is 0 Å². The number of amides is 1. The SMILES string of the molecule is O=C(NCCc1ccccc1)c1ccc([C@@H]2Nc3ccccc3S(=O)(=O)N2)cc1. The standard InChI is InChI=1S/C22H21N3O3S/c26-22(23-15-14-16-6-2-1-3-7-16)18-12-10-17(11-13-18)21-24-19-8-4-5-9-20(19)29(27,28)25-21/h1-13,21,24-25H,14-15H2,(H,23,26)/t21-/m1/s1. The van der Waals surface area contributed by atoms with Crippen molar-refractivity contribution < 1.29 is 13.2 Å². The van der Waals surface area contributed by atoms with Gasteiger partial charge < -0.3 is 10.6 Å². The molecule has 4 rings (SSSR count). The first kappa shape index (κ1) is 19.2. The van der Waals surface area contributed by atoms with Crippen molar-refractivity contribution in [3.8, 4) is 0 Å². The van der Waals surface area contributed by atoms with Crippen LogP contribution in [0.2, 0.25) is 0 Å². The summed E-state index contributed by atoms with van der Waals surface area (Å²) in [4.78, 5) is 12.6. The number of anilines is 1. The molecule has 0 unspecified atom stereocenters. The van der Waals surface area contributed by atoms with Gasteiger partial charge in [-0.2, -0.15) is 4.72 Å². The van der Waals surface area contributed by atoms with Crippen molar-refractivity contribution in [1.82, 2.24) is 10.0 Å². The number of benzene rings is 3. The maximum absolute atomic E-state index is 12.5. The first-order valence-electron chi connectivity index (χ1n) is 9.33. The molecular formula is C22H21N3O3S. The molecule has 1 atom stereocenters. The summed E-state index contributed by atoms with van der Waals surface area (Å²) < 4.78 is 27.5. The lowest BCUT2D eigenvalue weighted by molar-refractivity contribution is 0.0954. The molecule has 0 fully saturated rings. The number of para-hydroxylation sites is 1. The lowest BCUT2D eigenvalue weighted by Crippen LogP contribution is -2.38. The molecule has 0 aliphatic carbocycles. The summed E-state index contributed by atoms with van der Waals surface area (Å²) in [6.45, 7) is 0.547. The first-order valence-corrected chi connectivity index (χ1v) is 10.8. The van der Waals surface area contributed by atoms with Gasteiger partial charge in [0.1, 0.15) is 11.1 Å². The molecule has 0 radical (unpaired) electrons. The summed E-state index contributed by atoms with van der Waals surface area (Å²) in [6.07, 6.45) is 0.169. The number of rotatable bonds is 5. The Morgan fingerprint density at radius 3 is 2.34 bits per heavy atom. The number of sulfonamides is 1. The van der Waals surface area contributed by atoms with Crippen molar-refractivity contribution in [3.63, 3.8) is 0 Å². The molecule has 6 nitrogen and oxygen atoms in total. The van der Waals surface area contributed by atoms with E-state index in [0.29, 0.717) is 17.8 Å². The molecular weight excluding hydrogens is 386 g/mol. The molecule has 0 spiro atoms. The third-order valence-electron chi connectivity index (χ3n) is 4.80. The van der Waals surface area contributed by atoms with Crippen molar-refractivity contribution in [3.05, 3.63) is 95.6 Å².